The van der Waals surface area contributed by atoms with Crippen LogP contribution in [0.3, 0.4) is 0 Å². The number of carbonyl (C=O) groups excluding carboxylic acids is 1. The van der Waals surface area contributed by atoms with Gasteiger partial charge in [0, 0.05) is 27.3 Å². The molecular formula is C9H19NO3Si. The maximum Gasteiger partial charge on any atom is 0.432 e. The van der Waals surface area contributed by atoms with Crippen molar-refractivity contribution < 1.29 is 13.6 Å². The lowest BCUT2D eigenvalue weighted by molar-refractivity contribution is 0.180. The molecule has 0 aromatic rings. The van der Waals surface area contributed by atoms with E-state index in [1.165, 1.54) is 6.42 Å². The van der Waals surface area contributed by atoms with E-state index in [1.807, 2.05) is 4.90 Å². The summed E-state index contributed by atoms with van der Waals surface area (Å²) in [6.45, 7) is 3.51. The predicted molar refractivity (Wildman–Crippen MR) is 56.5 cm³/mol. The molecule has 0 radical (unpaired) electrons. The fourth-order valence-corrected chi connectivity index (χ4v) is 2.96. The van der Waals surface area contributed by atoms with Gasteiger partial charge in [0.15, 0.2) is 0 Å². The van der Waals surface area contributed by atoms with E-state index in [2.05, 4.69) is 0 Å². The first-order valence-corrected chi connectivity index (χ1v) is 7.35. The van der Waals surface area contributed by atoms with E-state index in [9.17, 15) is 4.79 Å². The third-order valence-corrected chi connectivity index (χ3v) is 5.46. The molecule has 1 saturated heterocycles. The Kier molecular flexibility index (Phi) is 4.09. The second-order valence-electron chi connectivity index (χ2n) is 3.71. The molecule has 0 aromatic carbocycles. The number of nitrogens with zero attached hydrogens (tertiary/aromatic N) is 1. The lowest BCUT2D eigenvalue weighted by atomic mass is 10.1. The molecule has 0 unspecified atom stereocenters. The first-order valence-electron chi connectivity index (χ1n) is 5.03. The Morgan fingerprint density at radius 2 is 1.64 bits per heavy atom. The second-order valence-corrected chi connectivity index (χ2v) is 6.84. The highest BCUT2D eigenvalue weighted by Crippen LogP contribution is 2.16. The largest absolute Gasteiger partial charge is 0.432 e. The van der Waals surface area contributed by atoms with Crippen molar-refractivity contribution in [2.75, 3.05) is 27.3 Å². The van der Waals surface area contributed by atoms with E-state index in [0.717, 1.165) is 25.9 Å². The van der Waals surface area contributed by atoms with Crippen LogP contribution in [0.15, 0.2) is 0 Å². The Morgan fingerprint density at radius 3 is 2.07 bits per heavy atom. The van der Waals surface area contributed by atoms with Crippen LogP contribution < -0.4 is 0 Å². The van der Waals surface area contributed by atoms with Gasteiger partial charge in [-0.05, 0) is 25.8 Å². The number of hydrogen-bond donors (Lipinski definition) is 0. The first kappa shape index (κ1) is 11.7. The number of likely N-dealkylation sites (tertiary alicyclic amines) is 1. The van der Waals surface area contributed by atoms with Gasteiger partial charge in [0.2, 0.25) is 0 Å². The maximum absolute atomic E-state index is 12.0. The monoisotopic (exact) mass is 217 g/mol. The molecule has 14 heavy (non-hydrogen) atoms. The topological polar surface area (TPSA) is 38.8 Å². The van der Waals surface area contributed by atoms with Gasteiger partial charge in [-0.25, -0.2) is 0 Å². The van der Waals surface area contributed by atoms with Crippen LogP contribution in [0.2, 0.25) is 6.55 Å². The van der Waals surface area contributed by atoms with Crippen molar-refractivity contribution in [3.63, 3.8) is 0 Å². The molecule has 1 rings (SSSR count). The SMILES string of the molecule is CO[Si](C)(OC)C(=O)N1CCCCC1. The maximum atomic E-state index is 12.0. The third kappa shape index (κ3) is 2.34. The number of carbonyl (C=O) groups is 1. The summed E-state index contributed by atoms with van der Waals surface area (Å²) in [5, 5.41) is 0. The standard InChI is InChI=1S/C9H19NO3Si/c1-12-14(3,13-2)9(11)10-7-5-4-6-8-10/h4-8H2,1-3H3. The van der Waals surface area contributed by atoms with Gasteiger partial charge in [0.1, 0.15) is 0 Å². The molecule has 5 heteroatoms. The van der Waals surface area contributed by atoms with Crippen LogP contribution in [-0.4, -0.2) is 46.3 Å². The normalized spacial score (nSPS) is 18.4. The highest BCUT2D eigenvalue weighted by molar-refractivity contribution is 6.95. The Balaban J connectivity index is 2.61. The van der Waals surface area contributed by atoms with Gasteiger partial charge in [0.25, 0.3) is 5.53 Å². The minimum absolute atomic E-state index is 0.0715. The van der Waals surface area contributed by atoms with Crippen LogP contribution in [0, 0.1) is 0 Å². The first-order chi connectivity index (χ1) is 6.64. The quantitative estimate of drug-likeness (QED) is 0.673. The molecule has 1 heterocycles. The molecule has 4 nitrogen and oxygen atoms in total. The minimum Gasteiger partial charge on any atom is -0.392 e. The van der Waals surface area contributed by atoms with E-state index >= 15 is 0 Å². The summed E-state index contributed by atoms with van der Waals surface area (Å²) in [7, 11) is 0.505. The van der Waals surface area contributed by atoms with Crippen molar-refractivity contribution in [2.45, 2.75) is 25.8 Å². The zero-order valence-corrected chi connectivity index (χ0v) is 10.2. The van der Waals surface area contributed by atoms with Crippen LogP contribution in [0.5, 0.6) is 0 Å². The molecule has 82 valence electrons. The molecule has 0 spiro atoms. The summed E-state index contributed by atoms with van der Waals surface area (Å²) in [5.74, 6) is 0. The molecule has 1 fully saturated rings. The van der Waals surface area contributed by atoms with Gasteiger partial charge < -0.3 is 13.8 Å². The number of rotatable bonds is 3. The van der Waals surface area contributed by atoms with Gasteiger partial charge in [0.05, 0.1) is 0 Å². The van der Waals surface area contributed by atoms with Crippen molar-refractivity contribution >= 4 is 14.1 Å². The molecule has 1 amide bonds. The van der Waals surface area contributed by atoms with Crippen LogP contribution in [0.1, 0.15) is 19.3 Å². The van der Waals surface area contributed by atoms with E-state index in [-0.39, 0.29) is 5.53 Å². The summed E-state index contributed by atoms with van der Waals surface area (Å²) in [6, 6.07) is 0. The molecule has 0 bridgehead atoms. The van der Waals surface area contributed by atoms with Crippen LogP contribution in [-0.2, 0) is 8.85 Å². The highest BCUT2D eigenvalue weighted by atomic mass is 28.4. The molecule has 0 N–H and O–H groups in total. The van der Waals surface area contributed by atoms with Gasteiger partial charge in [-0.2, -0.15) is 0 Å². The summed E-state index contributed by atoms with van der Waals surface area (Å²) in [4.78, 5) is 13.9. The van der Waals surface area contributed by atoms with Gasteiger partial charge >= 0.3 is 8.56 Å². The molecule has 0 aliphatic carbocycles. The van der Waals surface area contributed by atoms with Crippen molar-refractivity contribution in [3.05, 3.63) is 0 Å². The number of hydrogen-bond acceptors (Lipinski definition) is 3. The Hall–Kier alpha value is -0.393. The Bertz CT molecular complexity index is 200. The molecule has 0 atom stereocenters. The average Bonchev–Trinajstić information content (AvgIpc) is 2.28. The summed E-state index contributed by atoms with van der Waals surface area (Å²) >= 11 is 0. The van der Waals surface area contributed by atoms with Gasteiger partial charge in [-0.3, -0.25) is 4.79 Å². The van der Waals surface area contributed by atoms with Crippen LogP contribution in [0.25, 0.3) is 0 Å². The van der Waals surface area contributed by atoms with E-state index in [0.29, 0.717) is 0 Å². The van der Waals surface area contributed by atoms with Crippen LogP contribution >= 0.6 is 0 Å². The zero-order chi connectivity index (χ0) is 10.6. The van der Waals surface area contributed by atoms with Crippen molar-refractivity contribution in [3.8, 4) is 0 Å². The third-order valence-electron chi connectivity index (χ3n) is 2.81. The summed E-state index contributed by atoms with van der Waals surface area (Å²) in [6.07, 6.45) is 3.43. The smallest absolute Gasteiger partial charge is 0.392 e. The minimum atomic E-state index is -2.60. The van der Waals surface area contributed by atoms with Crippen molar-refractivity contribution in [1.82, 2.24) is 4.90 Å². The number of piperidine rings is 1. The van der Waals surface area contributed by atoms with Gasteiger partial charge in [-0.1, -0.05) is 0 Å². The van der Waals surface area contributed by atoms with E-state index < -0.39 is 8.56 Å². The lowest BCUT2D eigenvalue weighted by Gasteiger charge is -2.32. The molecule has 0 saturated carbocycles. The molecule has 1 aliphatic rings. The van der Waals surface area contributed by atoms with Crippen LogP contribution in [0.4, 0.5) is 4.79 Å². The zero-order valence-electron chi connectivity index (χ0n) is 9.21. The molecule has 0 aromatic heterocycles. The van der Waals surface area contributed by atoms with Gasteiger partial charge in [-0.15, -0.1) is 0 Å². The van der Waals surface area contributed by atoms with Crippen molar-refractivity contribution in [1.29, 1.82) is 0 Å². The summed E-state index contributed by atoms with van der Waals surface area (Å²) < 4.78 is 10.5. The molecular weight excluding hydrogens is 198 g/mol. The van der Waals surface area contributed by atoms with E-state index in [1.54, 1.807) is 20.8 Å². The highest BCUT2D eigenvalue weighted by Gasteiger charge is 2.42. The number of amides is 1. The second kappa shape index (κ2) is 4.91. The van der Waals surface area contributed by atoms with Crippen molar-refractivity contribution in [2.24, 2.45) is 0 Å². The Morgan fingerprint density at radius 1 is 1.14 bits per heavy atom. The summed E-state index contributed by atoms with van der Waals surface area (Å²) in [5.41, 5.74) is 0.0715. The Labute approximate surface area is 86.4 Å². The molecule has 1 aliphatic heterocycles. The lowest BCUT2D eigenvalue weighted by Crippen LogP contribution is -2.54. The fourth-order valence-electron chi connectivity index (χ4n) is 1.64. The average molecular weight is 217 g/mol. The van der Waals surface area contributed by atoms with E-state index in [4.69, 9.17) is 8.85 Å². The fraction of sp³-hybridized carbons (Fsp3) is 0.889. The predicted octanol–water partition coefficient (Wildman–Crippen LogP) is 1.54.